The van der Waals surface area contributed by atoms with Gasteiger partial charge in [-0.15, -0.1) is 0 Å². The van der Waals surface area contributed by atoms with Gasteiger partial charge in [-0.2, -0.15) is 15.1 Å². The van der Waals surface area contributed by atoms with Crippen molar-refractivity contribution in [3.05, 3.63) is 63.9 Å². The van der Waals surface area contributed by atoms with E-state index in [4.69, 9.17) is 19.8 Å². The van der Waals surface area contributed by atoms with E-state index in [1.807, 2.05) is 11.6 Å². The van der Waals surface area contributed by atoms with Crippen LogP contribution in [0.1, 0.15) is 71.2 Å². The summed E-state index contributed by atoms with van der Waals surface area (Å²) in [5.74, 6) is 0.556. The number of ether oxygens (including phenoxy) is 1. The molecular formula is C37H42F2N8O3. The number of hydrogen-bond donors (Lipinski definition) is 2. The van der Waals surface area contributed by atoms with Crippen molar-refractivity contribution in [3.63, 3.8) is 0 Å². The Morgan fingerprint density at radius 2 is 1.96 bits per heavy atom. The third-order valence-electron chi connectivity index (χ3n) is 11.6. The highest BCUT2D eigenvalue weighted by Crippen LogP contribution is 2.42. The quantitative estimate of drug-likeness (QED) is 0.305. The second-order valence-corrected chi connectivity index (χ2v) is 14.5. The predicted octanol–water partition coefficient (Wildman–Crippen LogP) is 4.45. The molecule has 5 aliphatic heterocycles. The first-order valence-electron chi connectivity index (χ1n) is 18.0. The summed E-state index contributed by atoms with van der Waals surface area (Å²) in [6.07, 6.45) is 4.21. The second-order valence-electron chi connectivity index (χ2n) is 14.5. The maximum Gasteiger partial charge on any atom is 0.318 e. The molecule has 0 saturated carbocycles. The molecule has 2 aromatic carbocycles. The molecule has 2 fully saturated rings. The van der Waals surface area contributed by atoms with Gasteiger partial charge in [-0.1, -0.05) is 13.0 Å². The summed E-state index contributed by atoms with van der Waals surface area (Å²) in [5.41, 5.74) is 5.46. The second kappa shape index (κ2) is 12.1. The molecule has 0 radical (unpaired) electrons. The average Bonchev–Trinajstić information content (AvgIpc) is 3.70. The van der Waals surface area contributed by atoms with E-state index < -0.39 is 6.17 Å². The van der Waals surface area contributed by atoms with E-state index in [0.717, 1.165) is 83.6 Å². The Morgan fingerprint density at radius 1 is 1.06 bits per heavy atom. The van der Waals surface area contributed by atoms with Crippen molar-refractivity contribution in [2.24, 2.45) is 0 Å². The number of hydrogen-bond acceptors (Lipinski definition) is 9. The average molecular weight is 685 g/mol. The smallest absolute Gasteiger partial charge is 0.318 e. The lowest BCUT2D eigenvalue weighted by molar-refractivity contribution is 0.0940. The summed E-state index contributed by atoms with van der Waals surface area (Å²) in [5, 5.41) is 20.0. The number of nitrogens with one attached hydrogen (secondary N) is 1. The van der Waals surface area contributed by atoms with Crippen LogP contribution in [-0.4, -0.2) is 86.7 Å². The molecular weight excluding hydrogens is 642 g/mol. The molecule has 2 atom stereocenters. The number of halogens is 2. The highest BCUT2D eigenvalue weighted by atomic mass is 19.1. The van der Waals surface area contributed by atoms with Gasteiger partial charge in [0, 0.05) is 67.4 Å². The minimum Gasteiger partial charge on any atom is -0.508 e. The zero-order valence-corrected chi connectivity index (χ0v) is 28.4. The fourth-order valence-electron chi connectivity index (χ4n) is 9.22. The van der Waals surface area contributed by atoms with Gasteiger partial charge in [-0.05, 0) is 68.2 Å². The molecule has 1 amide bonds. The fourth-order valence-corrected chi connectivity index (χ4v) is 9.22. The van der Waals surface area contributed by atoms with Crippen molar-refractivity contribution in [2.75, 3.05) is 49.1 Å². The molecule has 50 heavy (non-hydrogen) atoms. The van der Waals surface area contributed by atoms with Gasteiger partial charge < -0.3 is 25.0 Å². The van der Waals surface area contributed by atoms with Crippen molar-refractivity contribution in [1.82, 2.24) is 30.0 Å². The summed E-state index contributed by atoms with van der Waals surface area (Å²) < 4.78 is 38.2. The summed E-state index contributed by atoms with van der Waals surface area (Å²) >= 11 is 0. The number of phenolic OH excluding ortho intramolecular Hbond substituents is 1. The number of fused-ring (bicyclic) bond motifs is 6. The van der Waals surface area contributed by atoms with E-state index in [9.17, 15) is 14.3 Å². The molecule has 4 aromatic rings. The van der Waals surface area contributed by atoms with Crippen LogP contribution >= 0.6 is 0 Å². The van der Waals surface area contributed by atoms with Gasteiger partial charge in [0.25, 0.3) is 5.91 Å². The molecule has 0 unspecified atom stereocenters. The molecule has 2 saturated heterocycles. The third kappa shape index (κ3) is 5.15. The molecule has 0 bridgehead atoms. The normalized spacial score (nSPS) is 23.3. The first-order valence-corrected chi connectivity index (χ1v) is 18.0. The first kappa shape index (κ1) is 31.5. The van der Waals surface area contributed by atoms with Crippen LogP contribution in [0, 0.1) is 5.82 Å². The molecule has 13 heteroatoms. The number of aromatic hydroxyl groups is 1. The van der Waals surface area contributed by atoms with E-state index in [0.29, 0.717) is 76.4 Å². The highest BCUT2D eigenvalue weighted by molar-refractivity contribution is 5.98. The fraction of sp³-hybridized carbons (Fsp3) is 0.514. The standard InChI is InChI=1S/C37H42F2N8O3/c1-2-25-28(39)6-5-22-15-24(48)16-30(32(22)25)44-14-8-26-29(19-44)41-36(50-21-37-9-3-12-46(37)18-23(38)17-37)42-34(26)45-11-4-13-47-31(20-45)27-7-10-40-35(49)33(27)43-47/h5-6,15-16,23,48H,2-4,7-14,17-21H2,1H3,(H,40,49)/t23-,37+/m1/s1. The Balaban J connectivity index is 1.11. The van der Waals surface area contributed by atoms with Crippen LogP contribution in [0.3, 0.4) is 0 Å². The minimum absolute atomic E-state index is 0.123. The number of aryl methyl sites for hydroxylation is 2. The van der Waals surface area contributed by atoms with Gasteiger partial charge in [-0.3, -0.25) is 14.4 Å². The van der Waals surface area contributed by atoms with Gasteiger partial charge in [0.1, 0.15) is 30.2 Å². The van der Waals surface area contributed by atoms with Crippen molar-refractivity contribution in [1.29, 1.82) is 0 Å². The number of phenols is 1. The zero-order valence-electron chi connectivity index (χ0n) is 28.4. The molecule has 2 N–H and O–H groups in total. The van der Waals surface area contributed by atoms with E-state index in [2.05, 4.69) is 20.0 Å². The van der Waals surface area contributed by atoms with Crippen molar-refractivity contribution < 1.29 is 23.4 Å². The van der Waals surface area contributed by atoms with Crippen LogP contribution in [0.2, 0.25) is 0 Å². The summed E-state index contributed by atoms with van der Waals surface area (Å²) in [4.78, 5) is 29.4. The lowest BCUT2D eigenvalue weighted by atomic mass is 9.95. The highest BCUT2D eigenvalue weighted by Gasteiger charge is 2.49. The van der Waals surface area contributed by atoms with Gasteiger partial charge in [0.15, 0.2) is 5.69 Å². The summed E-state index contributed by atoms with van der Waals surface area (Å²) in [7, 11) is 0. The molecule has 7 heterocycles. The molecule has 11 nitrogen and oxygen atoms in total. The number of carbonyl (C=O) groups is 1. The van der Waals surface area contributed by atoms with Crippen molar-refractivity contribution >= 4 is 28.2 Å². The Bertz CT molecular complexity index is 2020. The van der Waals surface area contributed by atoms with Gasteiger partial charge in [0.05, 0.1) is 30.0 Å². The monoisotopic (exact) mass is 684 g/mol. The van der Waals surface area contributed by atoms with Gasteiger partial charge >= 0.3 is 6.01 Å². The number of nitrogens with zero attached hydrogens (tertiary/aromatic N) is 7. The number of aromatic nitrogens is 4. The lowest BCUT2D eigenvalue weighted by Gasteiger charge is -2.35. The largest absolute Gasteiger partial charge is 0.508 e. The SMILES string of the molecule is CCc1c(F)ccc2cc(O)cc(N3CCc4c(nc(OC[C@@]56CCCN5C[C@H](F)C6)nc4N4CCCn5nc6c(c5C4)CCNC6=O)C3)c12. The van der Waals surface area contributed by atoms with E-state index in [-0.39, 0.29) is 29.0 Å². The number of rotatable bonds is 6. The van der Waals surface area contributed by atoms with E-state index in [1.165, 1.54) is 6.07 Å². The maximum atomic E-state index is 15.1. The zero-order chi connectivity index (χ0) is 34.1. The van der Waals surface area contributed by atoms with Crippen LogP contribution < -0.4 is 19.9 Å². The molecule has 0 spiro atoms. The summed E-state index contributed by atoms with van der Waals surface area (Å²) in [6, 6.07) is 6.87. The minimum atomic E-state index is -0.864. The van der Waals surface area contributed by atoms with Crippen LogP contribution in [0.4, 0.5) is 20.3 Å². The number of amides is 1. The molecule has 9 rings (SSSR count). The Morgan fingerprint density at radius 3 is 2.84 bits per heavy atom. The van der Waals surface area contributed by atoms with Crippen molar-refractivity contribution in [3.8, 4) is 11.8 Å². The van der Waals surface area contributed by atoms with Crippen LogP contribution in [0.15, 0.2) is 24.3 Å². The van der Waals surface area contributed by atoms with Gasteiger partial charge in [0.2, 0.25) is 0 Å². The number of anilines is 2. The van der Waals surface area contributed by atoms with Crippen molar-refractivity contribution in [2.45, 2.75) is 83.2 Å². The van der Waals surface area contributed by atoms with E-state index in [1.54, 1.807) is 18.2 Å². The molecule has 0 aliphatic carbocycles. The van der Waals surface area contributed by atoms with E-state index >= 15 is 4.39 Å². The molecule has 262 valence electrons. The number of benzene rings is 2. The molecule has 2 aromatic heterocycles. The number of carbonyl (C=O) groups excluding carboxylic acids is 1. The molecule has 5 aliphatic rings. The van der Waals surface area contributed by atoms with Gasteiger partial charge in [-0.25, -0.2) is 8.78 Å². The Kier molecular flexibility index (Phi) is 7.59. The lowest BCUT2D eigenvalue weighted by Crippen LogP contribution is -2.43. The van der Waals surface area contributed by atoms with Crippen LogP contribution in [0.5, 0.6) is 11.8 Å². The summed E-state index contributed by atoms with van der Waals surface area (Å²) in [6.45, 7) is 7.22. The Labute approximate surface area is 289 Å². The Hall–Kier alpha value is -4.52. The van der Waals surface area contributed by atoms with Crippen LogP contribution in [-0.2, 0) is 38.9 Å². The third-order valence-corrected chi connectivity index (χ3v) is 11.6. The first-order chi connectivity index (χ1) is 24.3. The number of alkyl halides is 1. The van der Waals surface area contributed by atoms with Crippen LogP contribution in [0.25, 0.3) is 10.8 Å². The maximum absolute atomic E-state index is 15.1. The topological polar surface area (TPSA) is 112 Å². The predicted molar refractivity (Wildman–Crippen MR) is 184 cm³/mol.